The molecule has 0 radical (unpaired) electrons. The van der Waals surface area contributed by atoms with Gasteiger partial charge in [0.15, 0.2) is 0 Å². The van der Waals surface area contributed by atoms with Gasteiger partial charge in [-0.2, -0.15) is 0 Å². The highest BCUT2D eigenvalue weighted by Crippen LogP contribution is 2.33. The summed E-state index contributed by atoms with van der Waals surface area (Å²) in [6, 6.07) is 9.68. The van der Waals surface area contributed by atoms with Crippen LogP contribution in [0.4, 0.5) is 11.4 Å². The minimum Gasteiger partial charge on any atom is -0.326 e. The lowest BCUT2D eigenvalue weighted by Gasteiger charge is -2.19. The molecule has 1 aliphatic heterocycles. The molecule has 0 unspecified atom stereocenters. The molecule has 0 saturated carbocycles. The van der Waals surface area contributed by atoms with E-state index in [-0.39, 0.29) is 17.7 Å². The van der Waals surface area contributed by atoms with Gasteiger partial charge in [0.25, 0.3) is 5.91 Å². The zero-order chi connectivity index (χ0) is 18.5. The first-order valence-electron chi connectivity index (χ1n) is 9.43. The fraction of sp³-hybridized carbons (Fsp3) is 0.429. The lowest BCUT2D eigenvalue weighted by molar-refractivity contribution is -0.120. The molecule has 0 saturated heterocycles. The first-order valence-corrected chi connectivity index (χ1v) is 10.3. The molecule has 1 aromatic heterocycles. The lowest BCUT2D eigenvalue weighted by atomic mass is 9.97. The van der Waals surface area contributed by atoms with Crippen molar-refractivity contribution in [1.29, 1.82) is 0 Å². The predicted octanol–water partition coefficient (Wildman–Crippen LogP) is 5.11. The van der Waals surface area contributed by atoms with Crippen molar-refractivity contribution in [3.8, 4) is 0 Å². The van der Waals surface area contributed by atoms with E-state index in [0.29, 0.717) is 6.54 Å². The molecular formula is C21H26N2O2S. The number of hydrogen-bond acceptors (Lipinski definition) is 3. The second-order valence-corrected chi connectivity index (χ2v) is 7.74. The zero-order valence-electron chi connectivity index (χ0n) is 15.5. The molecule has 2 aromatic rings. The Hall–Kier alpha value is -2.14. The van der Waals surface area contributed by atoms with E-state index >= 15 is 0 Å². The Morgan fingerprint density at radius 2 is 1.96 bits per heavy atom. The summed E-state index contributed by atoms with van der Waals surface area (Å²) in [5.41, 5.74) is 2.85. The molecule has 5 heteroatoms. The Morgan fingerprint density at radius 3 is 2.62 bits per heavy atom. The van der Waals surface area contributed by atoms with Gasteiger partial charge in [-0.05, 0) is 48.4 Å². The van der Waals surface area contributed by atoms with Crippen LogP contribution in [-0.2, 0) is 11.2 Å². The second kappa shape index (κ2) is 8.49. The molecule has 0 atom stereocenters. The Balaban J connectivity index is 1.77. The molecule has 138 valence electrons. The van der Waals surface area contributed by atoms with Crippen molar-refractivity contribution in [3.63, 3.8) is 0 Å². The minimum absolute atomic E-state index is 0.0390. The Labute approximate surface area is 159 Å². The van der Waals surface area contributed by atoms with Crippen LogP contribution >= 0.6 is 11.3 Å². The van der Waals surface area contributed by atoms with Crippen molar-refractivity contribution in [2.45, 2.75) is 46.0 Å². The van der Waals surface area contributed by atoms with E-state index in [4.69, 9.17) is 0 Å². The molecule has 3 rings (SSSR count). The smallest absolute Gasteiger partial charge is 0.268 e. The number of nitrogens with one attached hydrogen (secondary N) is 1. The average molecular weight is 371 g/mol. The maximum absolute atomic E-state index is 12.7. The van der Waals surface area contributed by atoms with Crippen molar-refractivity contribution in [2.24, 2.45) is 5.92 Å². The summed E-state index contributed by atoms with van der Waals surface area (Å²) in [6.45, 7) is 4.91. The number of anilines is 2. The number of fused-ring (bicyclic) bond motifs is 1. The summed E-state index contributed by atoms with van der Waals surface area (Å²) in [7, 11) is 0. The Morgan fingerprint density at radius 1 is 1.19 bits per heavy atom. The van der Waals surface area contributed by atoms with Crippen LogP contribution in [0.15, 0.2) is 35.7 Å². The third-order valence-corrected chi connectivity index (χ3v) is 5.73. The minimum atomic E-state index is 0.0390. The molecule has 26 heavy (non-hydrogen) atoms. The van der Waals surface area contributed by atoms with Gasteiger partial charge in [-0.25, -0.2) is 0 Å². The van der Waals surface area contributed by atoms with Gasteiger partial charge in [0.2, 0.25) is 5.91 Å². The first kappa shape index (κ1) is 18.6. The van der Waals surface area contributed by atoms with E-state index in [9.17, 15) is 9.59 Å². The van der Waals surface area contributed by atoms with Gasteiger partial charge in [-0.15, -0.1) is 11.3 Å². The molecule has 1 N–H and O–H groups in total. The van der Waals surface area contributed by atoms with Gasteiger partial charge in [0.1, 0.15) is 0 Å². The van der Waals surface area contributed by atoms with Gasteiger partial charge >= 0.3 is 0 Å². The van der Waals surface area contributed by atoms with Crippen LogP contribution in [0, 0.1) is 5.92 Å². The van der Waals surface area contributed by atoms with Crippen molar-refractivity contribution in [1.82, 2.24) is 0 Å². The lowest BCUT2D eigenvalue weighted by Crippen LogP contribution is -2.28. The van der Waals surface area contributed by atoms with Crippen molar-refractivity contribution in [2.75, 3.05) is 16.8 Å². The molecule has 1 aromatic carbocycles. The first-order chi connectivity index (χ1) is 12.6. The van der Waals surface area contributed by atoms with Crippen molar-refractivity contribution >= 4 is 34.5 Å². The molecule has 4 nitrogen and oxygen atoms in total. The normalized spacial score (nSPS) is 13.1. The van der Waals surface area contributed by atoms with Crippen molar-refractivity contribution < 1.29 is 9.59 Å². The standard InChI is InChI=1S/C21H26N2O2S/c1-3-6-16(7-4-2)20(24)22-17-10-9-15-11-12-23(18(15)14-17)21(25)19-8-5-13-26-19/h5,8-10,13-14,16H,3-4,6-7,11-12H2,1-2H3,(H,22,24). The van der Waals surface area contributed by atoms with Crippen LogP contribution in [0.5, 0.6) is 0 Å². The zero-order valence-corrected chi connectivity index (χ0v) is 16.3. The molecule has 0 bridgehead atoms. The van der Waals surface area contributed by atoms with Gasteiger partial charge < -0.3 is 10.2 Å². The number of rotatable bonds is 7. The van der Waals surface area contributed by atoms with E-state index in [1.807, 2.05) is 40.6 Å². The highest BCUT2D eigenvalue weighted by Gasteiger charge is 2.27. The number of hydrogen-bond donors (Lipinski definition) is 1. The molecule has 0 spiro atoms. The Bertz CT molecular complexity index is 764. The third kappa shape index (κ3) is 3.98. The molecule has 0 aliphatic carbocycles. The average Bonchev–Trinajstić information content (AvgIpc) is 3.30. The molecule has 2 heterocycles. The van der Waals surface area contributed by atoms with Crippen LogP contribution in [0.1, 0.15) is 54.8 Å². The van der Waals surface area contributed by atoms with E-state index in [2.05, 4.69) is 19.2 Å². The predicted molar refractivity (Wildman–Crippen MR) is 108 cm³/mol. The number of thiophene rings is 1. The number of carbonyl (C=O) groups is 2. The van der Waals surface area contributed by atoms with Gasteiger partial charge in [-0.3, -0.25) is 9.59 Å². The number of amides is 2. The van der Waals surface area contributed by atoms with Gasteiger partial charge in [0.05, 0.1) is 4.88 Å². The monoisotopic (exact) mass is 370 g/mol. The summed E-state index contributed by atoms with van der Waals surface area (Å²) in [5.74, 6) is 0.182. The fourth-order valence-corrected chi connectivity index (χ4v) is 4.22. The largest absolute Gasteiger partial charge is 0.326 e. The third-order valence-electron chi connectivity index (χ3n) is 4.87. The molecule has 1 aliphatic rings. The molecule has 2 amide bonds. The summed E-state index contributed by atoms with van der Waals surface area (Å²) < 4.78 is 0. The van der Waals surface area contributed by atoms with Crippen LogP contribution in [0.25, 0.3) is 0 Å². The second-order valence-electron chi connectivity index (χ2n) is 6.79. The van der Waals surface area contributed by atoms with Crippen LogP contribution in [0.2, 0.25) is 0 Å². The molecule has 0 fully saturated rings. The number of carbonyl (C=O) groups excluding carboxylic acids is 2. The fourth-order valence-electron chi connectivity index (χ4n) is 3.55. The van der Waals surface area contributed by atoms with E-state index in [1.165, 1.54) is 11.3 Å². The highest BCUT2D eigenvalue weighted by molar-refractivity contribution is 7.12. The van der Waals surface area contributed by atoms with Crippen molar-refractivity contribution in [3.05, 3.63) is 46.2 Å². The van der Waals surface area contributed by atoms with Gasteiger partial charge in [0, 0.05) is 23.8 Å². The Kier molecular flexibility index (Phi) is 6.09. The van der Waals surface area contributed by atoms with Crippen LogP contribution < -0.4 is 10.2 Å². The molecular weight excluding hydrogens is 344 g/mol. The topological polar surface area (TPSA) is 49.4 Å². The summed E-state index contributed by atoms with van der Waals surface area (Å²) in [4.78, 5) is 27.9. The van der Waals surface area contributed by atoms with Gasteiger partial charge in [-0.1, -0.05) is 38.8 Å². The summed E-state index contributed by atoms with van der Waals surface area (Å²) >= 11 is 1.46. The SMILES string of the molecule is CCCC(CCC)C(=O)Nc1ccc2c(c1)N(C(=O)c1cccs1)CC2. The number of nitrogens with zero attached hydrogens (tertiary/aromatic N) is 1. The quantitative estimate of drug-likeness (QED) is 0.736. The van der Waals surface area contributed by atoms with E-state index in [0.717, 1.165) is 53.9 Å². The van der Waals surface area contributed by atoms with E-state index < -0.39 is 0 Å². The summed E-state index contributed by atoms with van der Waals surface area (Å²) in [6.07, 6.45) is 4.69. The van der Waals surface area contributed by atoms with Crippen LogP contribution in [-0.4, -0.2) is 18.4 Å². The van der Waals surface area contributed by atoms with Crippen LogP contribution in [0.3, 0.4) is 0 Å². The maximum atomic E-state index is 12.7. The van der Waals surface area contributed by atoms with E-state index in [1.54, 1.807) is 0 Å². The summed E-state index contributed by atoms with van der Waals surface area (Å²) in [5, 5.41) is 4.98. The highest BCUT2D eigenvalue weighted by atomic mass is 32.1. The maximum Gasteiger partial charge on any atom is 0.268 e. The number of benzene rings is 1.